The largest absolute Gasteiger partial charge is 0.321 e. The number of benzene rings is 1. The van der Waals surface area contributed by atoms with E-state index in [0.717, 1.165) is 11.5 Å². The Hall–Kier alpha value is -1.58. The smallest absolute Gasteiger partial charge is 0.152 e. The Kier molecular flexibility index (Phi) is 4.77. The highest BCUT2D eigenvalue weighted by atomic mass is 35.5. The quantitative estimate of drug-likeness (QED) is 0.840. The molecule has 98 valence electrons. The van der Waals surface area contributed by atoms with E-state index < -0.39 is 0 Å². The molecule has 0 N–H and O–H groups in total. The number of aryl methyl sites for hydroxylation is 1. The van der Waals surface area contributed by atoms with Crippen molar-refractivity contribution >= 4 is 34.7 Å². The second-order valence-electron chi connectivity index (χ2n) is 3.91. The van der Waals surface area contributed by atoms with Crippen LogP contribution in [0.1, 0.15) is 5.69 Å². The molecule has 3 nitrogen and oxygen atoms in total. The van der Waals surface area contributed by atoms with Crippen molar-refractivity contribution in [2.45, 2.75) is 6.92 Å². The SMILES string of the molecule is Cc1nc(N(C/C=C/Cl)c2ccccc2)cnc1Cl. The van der Waals surface area contributed by atoms with E-state index in [1.807, 2.05) is 48.2 Å². The number of anilines is 2. The van der Waals surface area contributed by atoms with Gasteiger partial charge in [0.2, 0.25) is 0 Å². The van der Waals surface area contributed by atoms with Crippen LogP contribution in [0, 0.1) is 6.92 Å². The zero-order valence-corrected chi connectivity index (χ0v) is 11.9. The first-order valence-electron chi connectivity index (χ1n) is 5.79. The van der Waals surface area contributed by atoms with Crippen LogP contribution in [0.5, 0.6) is 0 Å². The van der Waals surface area contributed by atoms with E-state index in [0.29, 0.717) is 17.4 Å². The number of rotatable bonds is 4. The molecule has 1 aromatic heterocycles. The standard InChI is InChI=1S/C14H13Cl2N3/c1-11-14(16)17-10-13(18-11)19(9-5-8-15)12-6-3-2-4-7-12/h2-8,10H,9H2,1H3/b8-5+. The van der Waals surface area contributed by atoms with Crippen LogP contribution < -0.4 is 4.90 Å². The fraction of sp³-hybridized carbons (Fsp3) is 0.143. The summed E-state index contributed by atoms with van der Waals surface area (Å²) in [7, 11) is 0. The summed E-state index contributed by atoms with van der Waals surface area (Å²) in [4.78, 5) is 10.6. The van der Waals surface area contributed by atoms with Crippen LogP contribution in [0.2, 0.25) is 5.15 Å². The third-order valence-electron chi connectivity index (χ3n) is 2.60. The maximum absolute atomic E-state index is 5.91. The van der Waals surface area contributed by atoms with Crippen LogP contribution in [0.15, 0.2) is 48.1 Å². The van der Waals surface area contributed by atoms with E-state index in [4.69, 9.17) is 23.2 Å². The fourth-order valence-electron chi connectivity index (χ4n) is 1.67. The summed E-state index contributed by atoms with van der Waals surface area (Å²) in [5, 5.41) is 0.421. The fourth-order valence-corrected chi connectivity index (χ4v) is 1.84. The number of para-hydroxylation sites is 1. The summed E-state index contributed by atoms with van der Waals surface area (Å²) in [6, 6.07) is 9.94. The number of hydrogen-bond acceptors (Lipinski definition) is 3. The molecule has 0 amide bonds. The lowest BCUT2D eigenvalue weighted by molar-refractivity contribution is 1.00. The number of hydrogen-bond donors (Lipinski definition) is 0. The summed E-state index contributed by atoms with van der Waals surface area (Å²) in [6.07, 6.45) is 3.50. The van der Waals surface area contributed by atoms with E-state index in [-0.39, 0.29) is 0 Å². The van der Waals surface area contributed by atoms with Crippen molar-refractivity contribution in [3.8, 4) is 0 Å². The van der Waals surface area contributed by atoms with E-state index in [9.17, 15) is 0 Å². The van der Waals surface area contributed by atoms with E-state index in [1.54, 1.807) is 6.20 Å². The van der Waals surface area contributed by atoms with Gasteiger partial charge in [-0.2, -0.15) is 0 Å². The molecule has 0 spiro atoms. The molecule has 0 fully saturated rings. The molecule has 0 radical (unpaired) electrons. The van der Waals surface area contributed by atoms with E-state index in [1.165, 1.54) is 5.54 Å². The van der Waals surface area contributed by atoms with Gasteiger partial charge in [0.1, 0.15) is 5.15 Å². The Balaban J connectivity index is 2.39. The summed E-state index contributed by atoms with van der Waals surface area (Å²) >= 11 is 11.5. The highest BCUT2D eigenvalue weighted by Gasteiger charge is 2.10. The number of nitrogens with zero attached hydrogens (tertiary/aromatic N) is 3. The van der Waals surface area contributed by atoms with Gasteiger partial charge in [-0.05, 0) is 19.1 Å². The van der Waals surface area contributed by atoms with Gasteiger partial charge in [0.15, 0.2) is 5.82 Å². The predicted molar refractivity (Wildman–Crippen MR) is 80.2 cm³/mol. The molecule has 19 heavy (non-hydrogen) atoms. The number of aromatic nitrogens is 2. The van der Waals surface area contributed by atoms with Crippen molar-refractivity contribution in [1.29, 1.82) is 0 Å². The normalized spacial score (nSPS) is 10.9. The zero-order chi connectivity index (χ0) is 13.7. The zero-order valence-electron chi connectivity index (χ0n) is 10.4. The second-order valence-corrected chi connectivity index (χ2v) is 4.52. The van der Waals surface area contributed by atoms with Crippen molar-refractivity contribution < 1.29 is 0 Å². The average molecular weight is 294 g/mol. The monoisotopic (exact) mass is 293 g/mol. The lowest BCUT2D eigenvalue weighted by atomic mass is 10.3. The molecular formula is C14H13Cl2N3. The molecular weight excluding hydrogens is 281 g/mol. The topological polar surface area (TPSA) is 29.0 Å². The van der Waals surface area contributed by atoms with Crippen LogP contribution in [0.4, 0.5) is 11.5 Å². The van der Waals surface area contributed by atoms with Gasteiger partial charge in [-0.1, -0.05) is 47.5 Å². The molecule has 0 unspecified atom stereocenters. The molecule has 0 bridgehead atoms. The Labute approximate surface area is 122 Å². The summed E-state index contributed by atoms with van der Waals surface area (Å²) in [6.45, 7) is 2.45. The van der Waals surface area contributed by atoms with Crippen LogP contribution in [-0.4, -0.2) is 16.5 Å². The molecule has 0 atom stereocenters. The average Bonchev–Trinajstić information content (AvgIpc) is 2.44. The Morgan fingerprint density at radius 2 is 2.00 bits per heavy atom. The summed E-state index contributed by atoms with van der Waals surface area (Å²) in [5.74, 6) is 0.739. The minimum Gasteiger partial charge on any atom is -0.321 e. The van der Waals surface area contributed by atoms with Crippen molar-refractivity contribution in [3.05, 3.63) is 59.0 Å². The van der Waals surface area contributed by atoms with Crippen LogP contribution in [0.3, 0.4) is 0 Å². The van der Waals surface area contributed by atoms with Gasteiger partial charge in [-0.15, -0.1) is 0 Å². The third-order valence-corrected chi connectivity index (χ3v) is 3.14. The molecule has 0 saturated heterocycles. The number of halogens is 2. The minimum absolute atomic E-state index is 0.421. The van der Waals surface area contributed by atoms with Gasteiger partial charge in [-0.25, -0.2) is 9.97 Å². The van der Waals surface area contributed by atoms with Gasteiger partial charge < -0.3 is 4.90 Å². The molecule has 0 aliphatic carbocycles. The van der Waals surface area contributed by atoms with Crippen LogP contribution in [0.25, 0.3) is 0 Å². The molecule has 2 rings (SSSR count). The predicted octanol–water partition coefficient (Wildman–Crippen LogP) is 4.33. The molecule has 2 aromatic rings. The highest BCUT2D eigenvalue weighted by Crippen LogP contribution is 2.24. The Morgan fingerprint density at radius 3 is 2.63 bits per heavy atom. The van der Waals surface area contributed by atoms with Gasteiger partial charge in [0.05, 0.1) is 11.9 Å². The molecule has 5 heteroatoms. The molecule has 0 aliphatic rings. The minimum atomic E-state index is 0.421. The van der Waals surface area contributed by atoms with Crippen molar-refractivity contribution in [2.24, 2.45) is 0 Å². The maximum atomic E-state index is 5.91. The first kappa shape index (κ1) is 13.8. The van der Waals surface area contributed by atoms with Gasteiger partial charge >= 0.3 is 0 Å². The van der Waals surface area contributed by atoms with Gasteiger partial charge in [0, 0.05) is 17.8 Å². The lowest BCUT2D eigenvalue weighted by Crippen LogP contribution is -2.18. The van der Waals surface area contributed by atoms with Crippen molar-refractivity contribution in [2.75, 3.05) is 11.4 Å². The molecule has 0 aliphatic heterocycles. The van der Waals surface area contributed by atoms with E-state index in [2.05, 4.69) is 9.97 Å². The highest BCUT2D eigenvalue weighted by molar-refractivity contribution is 6.30. The molecule has 0 saturated carbocycles. The Bertz CT molecular complexity index is 570. The third kappa shape index (κ3) is 3.46. The Morgan fingerprint density at radius 1 is 1.26 bits per heavy atom. The summed E-state index contributed by atoms with van der Waals surface area (Å²) < 4.78 is 0. The van der Waals surface area contributed by atoms with Crippen molar-refractivity contribution in [3.63, 3.8) is 0 Å². The first-order chi connectivity index (χ1) is 9.22. The van der Waals surface area contributed by atoms with Crippen LogP contribution in [-0.2, 0) is 0 Å². The summed E-state index contributed by atoms with van der Waals surface area (Å²) in [5.41, 5.74) is 3.22. The van der Waals surface area contributed by atoms with E-state index >= 15 is 0 Å². The molecule has 1 aromatic carbocycles. The van der Waals surface area contributed by atoms with Gasteiger partial charge in [0.25, 0.3) is 0 Å². The van der Waals surface area contributed by atoms with Gasteiger partial charge in [-0.3, -0.25) is 0 Å². The second kappa shape index (κ2) is 6.55. The van der Waals surface area contributed by atoms with Crippen molar-refractivity contribution in [1.82, 2.24) is 9.97 Å². The maximum Gasteiger partial charge on any atom is 0.152 e. The van der Waals surface area contributed by atoms with Crippen LogP contribution >= 0.6 is 23.2 Å². The lowest BCUT2D eigenvalue weighted by Gasteiger charge is -2.22. The molecule has 1 heterocycles. The first-order valence-corrected chi connectivity index (χ1v) is 6.61.